The van der Waals surface area contributed by atoms with Gasteiger partial charge in [0.05, 0.1) is 6.61 Å². The Balaban J connectivity index is 2.81. The molecule has 1 N–H and O–H groups in total. The molecule has 0 aliphatic heterocycles. The first kappa shape index (κ1) is 13.7. The van der Waals surface area contributed by atoms with Crippen molar-refractivity contribution >= 4 is 5.82 Å². The highest BCUT2D eigenvalue weighted by atomic mass is 19.1. The molecular weight excluding hydrogens is 226 g/mol. The van der Waals surface area contributed by atoms with Crippen LogP contribution in [-0.2, 0) is 0 Å². The van der Waals surface area contributed by atoms with Gasteiger partial charge in [-0.15, -0.1) is 0 Å². The van der Waals surface area contributed by atoms with Crippen LogP contribution in [0.1, 0.15) is 27.2 Å². The molecule has 0 aliphatic carbocycles. The Morgan fingerprint density at radius 1 is 1.35 bits per heavy atom. The lowest BCUT2D eigenvalue weighted by Crippen LogP contribution is -2.10. The van der Waals surface area contributed by atoms with Crippen molar-refractivity contribution in [2.45, 2.75) is 27.2 Å². The van der Waals surface area contributed by atoms with Crippen LogP contribution in [0.15, 0.2) is 6.07 Å². The highest BCUT2D eigenvalue weighted by molar-refractivity contribution is 5.39. The van der Waals surface area contributed by atoms with Gasteiger partial charge in [-0.25, -0.2) is 8.78 Å². The minimum absolute atomic E-state index is 0.0343. The summed E-state index contributed by atoms with van der Waals surface area (Å²) in [7, 11) is 0. The molecule has 0 unspecified atom stereocenters. The van der Waals surface area contributed by atoms with Gasteiger partial charge in [0.1, 0.15) is 0 Å². The van der Waals surface area contributed by atoms with E-state index in [2.05, 4.69) is 10.3 Å². The lowest BCUT2D eigenvalue weighted by Gasteiger charge is -2.11. The molecule has 0 amide bonds. The van der Waals surface area contributed by atoms with Crippen LogP contribution in [0.3, 0.4) is 0 Å². The third kappa shape index (κ3) is 4.17. The zero-order valence-corrected chi connectivity index (χ0v) is 10.4. The van der Waals surface area contributed by atoms with E-state index in [1.807, 2.05) is 20.8 Å². The summed E-state index contributed by atoms with van der Waals surface area (Å²) in [6.45, 7) is 6.77. The number of aromatic nitrogens is 1. The van der Waals surface area contributed by atoms with E-state index in [1.165, 1.54) is 0 Å². The van der Waals surface area contributed by atoms with Gasteiger partial charge in [-0.05, 0) is 12.3 Å². The lowest BCUT2D eigenvalue weighted by molar-refractivity contribution is 0.248. The average Bonchev–Trinajstić information content (AvgIpc) is 2.26. The van der Waals surface area contributed by atoms with E-state index in [1.54, 1.807) is 0 Å². The van der Waals surface area contributed by atoms with E-state index in [9.17, 15) is 8.78 Å². The molecule has 17 heavy (non-hydrogen) atoms. The number of hydrogen-bond donors (Lipinski definition) is 1. The Kier molecular flexibility index (Phi) is 5.12. The van der Waals surface area contributed by atoms with Crippen LogP contribution in [0.2, 0.25) is 0 Å². The fourth-order valence-electron chi connectivity index (χ4n) is 1.16. The van der Waals surface area contributed by atoms with Gasteiger partial charge in [0.2, 0.25) is 0 Å². The van der Waals surface area contributed by atoms with E-state index in [-0.39, 0.29) is 17.6 Å². The van der Waals surface area contributed by atoms with E-state index in [0.29, 0.717) is 13.2 Å². The fourth-order valence-corrected chi connectivity index (χ4v) is 1.16. The second-order valence-corrected chi connectivity index (χ2v) is 4.24. The third-order valence-electron chi connectivity index (χ3n) is 1.99. The van der Waals surface area contributed by atoms with Gasteiger partial charge in [-0.2, -0.15) is 4.98 Å². The number of hydrogen-bond acceptors (Lipinski definition) is 3. The van der Waals surface area contributed by atoms with Crippen LogP contribution in [-0.4, -0.2) is 18.1 Å². The molecule has 0 saturated carbocycles. The van der Waals surface area contributed by atoms with Gasteiger partial charge in [0, 0.05) is 12.6 Å². The second-order valence-electron chi connectivity index (χ2n) is 4.24. The molecule has 1 aromatic rings. The summed E-state index contributed by atoms with van der Waals surface area (Å²) >= 11 is 0. The highest BCUT2D eigenvalue weighted by Gasteiger charge is 2.13. The molecule has 0 aromatic carbocycles. The summed E-state index contributed by atoms with van der Waals surface area (Å²) in [5.74, 6) is -1.34. The molecule has 96 valence electrons. The highest BCUT2D eigenvalue weighted by Crippen LogP contribution is 2.21. The summed E-state index contributed by atoms with van der Waals surface area (Å²) in [5.41, 5.74) is 0. The molecule has 0 spiro atoms. The number of anilines is 1. The largest absolute Gasteiger partial charge is 0.475 e. The summed E-state index contributed by atoms with van der Waals surface area (Å²) in [5, 5.41) is 2.79. The van der Waals surface area contributed by atoms with Crippen molar-refractivity contribution < 1.29 is 13.5 Å². The van der Waals surface area contributed by atoms with E-state index < -0.39 is 11.6 Å². The normalized spacial score (nSPS) is 10.7. The number of ether oxygens (including phenoxy) is 1. The molecule has 1 heterocycles. The van der Waals surface area contributed by atoms with Crippen molar-refractivity contribution in [1.29, 1.82) is 0 Å². The monoisotopic (exact) mass is 244 g/mol. The van der Waals surface area contributed by atoms with Gasteiger partial charge in [-0.1, -0.05) is 20.8 Å². The van der Waals surface area contributed by atoms with Gasteiger partial charge in [0.25, 0.3) is 5.88 Å². The standard InChI is InChI=1S/C12H18F2N2O/c1-4-5-15-11-9(13)6-10(14)12(16-11)17-7-8(2)3/h6,8H,4-5,7H2,1-3H3,(H,15,16). The molecule has 0 atom stereocenters. The Morgan fingerprint density at radius 3 is 2.65 bits per heavy atom. The van der Waals surface area contributed by atoms with Crippen LogP contribution < -0.4 is 10.1 Å². The number of nitrogens with one attached hydrogen (secondary N) is 1. The molecular formula is C12H18F2N2O. The summed E-state index contributed by atoms with van der Waals surface area (Å²) < 4.78 is 31.9. The van der Waals surface area contributed by atoms with Gasteiger partial charge in [0.15, 0.2) is 17.5 Å². The van der Waals surface area contributed by atoms with Crippen molar-refractivity contribution in [3.05, 3.63) is 17.7 Å². The zero-order chi connectivity index (χ0) is 12.8. The van der Waals surface area contributed by atoms with E-state index in [4.69, 9.17) is 4.74 Å². The Morgan fingerprint density at radius 2 is 2.06 bits per heavy atom. The molecule has 1 aromatic heterocycles. The van der Waals surface area contributed by atoms with Crippen LogP contribution >= 0.6 is 0 Å². The number of pyridine rings is 1. The van der Waals surface area contributed by atoms with Gasteiger partial charge < -0.3 is 10.1 Å². The Labute approximate surface area is 100 Å². The van der Waals surface area contributed by atoms with Crippen molar-refractivity contribution in [3.8, 4) is 5.88 Å². The minimum atomic E-state index is -0.773. The maximum Gasteiger partial charge on any atom is 0.252 e. The molecule has 0 aliphatic rings. The molecule has 3 nitrogen and oxygen atoms in total. The first-order valence-electron chi connectivity index (χ1n) is 5.77. The van der Waals surface area contributed by atoms with Gasteiger partial charge in [-0.3, -0.25) is 0 Å². The van der Waals surface area contributed by atoms with Crippen LogP contribution in [0.25, 0.3) is 0 Å². The first-order valence-corrected chi connectivity index (χ1v) is 5.77. The van der Waals surface area contributed by atoms with Crippen LogP contribution in [0, 0.1) is 17.6 Å². The number of halogens is 2. The summed E-state index contributed by atoms with van der Waals surface area (Å²) in [6.07, 6.45) is 0.834. The predicted molar refractivity (Wildman–Crippen MR) is 63.3 cm³/mol. The maximum absolute atomic E-state index is 13.3. The lowest BCUT2D eigenvalue weighted by atomic mass is 10.2. The first-order chi connectivity index (χ1) is 8.04. The fraction of sp³-hybridized carbons (Fsp3) is 0.583. The van der Waals surface area contributed by atoms with Crippen molar-refractivity contribution in [2.24, 2.45) is 5.92 Å². The smallest absolute Gasteiger partial charge is 0.252 e. The number of rotatable bonds is 6. The van der Waals surface area contributed by atoms with E-state index >= 15 is 0 Å². The molecule has 1 rings (SSSR count). The van der Waals surface area contributed by atoms with Crippen LogP contribution in [0.5, 0.6) is 5.88 Å². The molecule has 0 fully saturated rings. The molecule has 0 radical (unpaired) electrons. The van der Waals surface area contributed by atoms with Crippen molar-refractivity contribution in [2.75, 3.05) is 18.5 Å². The summed E-state index contributed by atoms with van der Waals surface area (Å²) in [4.78, 5) is 3.80. The second kappa shape index (κ2) is 6.37. The van der Waals surface area contributed by atoms with Crippen molar-refractivity contribution in [3.63, 3.8) is 0 Å². The van der Waals surface area contributed by atoms with Crippen molar-refractivity contribution in [1.82, 2.24) is 4.98 Å². The van der Waals surface area contributed by atoms with E-state index in [0.717, 1.165) is 12.5 Å². The Bertz CT molecular complexity index is 370. The maximum atomic E-state index is 13.3. The third-order valence-corrected chi connectivity index (χ3v) is 1.99. The average molecular weight is 244 g/mol. The SMILES string of the molecule is CCCNc1nc(OCC(C)C)c(F)cc1F. The van der Waals surface area contributed by atoms with Gasteiger partial charge >= 0.3 is 0 Å². The molecule has 0 bridgehead atoms. The summed E-state index contributed by atoms with van der Waals surface area (Å²) in [6, 6.07) is 0.792. The quantitative estimate of drug-likeness (QED) is 0.834. The topological polar surface area (TPSA) is 34.2 Å². The molecule has 0 saturated heterocycles. The zero-order valence-electron chi connectivity index (χ0n) is 10.4. The Hall–Kier alpha value is -1.39. The number of nitrogens with zero attached hydrogens (tertiary/aromatic N) is 1. The minimum Gasteiger partial charge on any atom is -0.475 e. The predicted octanol–water partition coefficient (Wildman–Crippen LogP) is 3.22. The molecule has 5 heteroatoms. The van der Waals surface area contributed by atoms with Crippen LogP contribution in [0.4, 0.5) is 14.6 Å².